The SMILES string of the molecule is CC(=O)NC(CC(=O)NCC(C)(C)N1CCOCC1)c1ccccc1. The van der Waals surface area contributed by atoms with Gasteiger partial charge in [-0.2, -0.15) is 0 Å². The lowest BCUT2D eigenvalue weighted by Gasteiger charge is -2.40. The molecule has 1 heterocycles. The predicted molar refractivity (Wildman–Crippen MR) is 97.1 cm³/mol. The number of hydrogen-bond acceptors (Lipinski definition) is 4. The minimum Gasteiger partial charge on any atom is -0.379 e. The number of nitrogens with one attached hydrogen (secondary N) is 2. The molecule has 0 aliphatic carbocycles. The molecule has 1 aromatic carbocycles. The van der Waals surface area contributed by atoms with Crippen LogP contribution in [0.25, 0.3) is 0 Å². The number of hydrogen-bond donors (Lipinski definition) is 2. The highest BCUT2D eigenvalue weighted by molar-refractivity contribution is 5.79. The molecule has 6 nitrogen and oxygen atoms in total. The third-order valence-corrected chi connectivity index (χ3v) is 4.55. The van der Waals surface area contributed by atoms with Crippen molar-refractivity contribution in [2.75, 3.05) is 32.8 Å². The largest absolute Gasteiger partial charge is 0.379 e. The van der Waals surface area contributed by atoms with Crippen LogP contribution in [0.4, 0.5) is 0 Å². The molecular weight excluding hydrogens is 318 g/mol. The maximum Gasteiger partial charge on any atom is 0.222 e. The van der Waals surface area contributed by atoms with Crippen molar-refractivity contribution in [3.63, 3.8) is 0 Å². The molecule has 6 heteroatoms. The number of rotatable bonds is 7. The van der Waals surface area contributed by atoms with Crippen LogP contribution in [0.15, 0.2) is 30.3 Å². The van der Waals surface area contributed by atoms with Gasteiger partial charge in [0.1, 0.15) is 0 Å². The third kappa shape index (κ3) is 6.14. The molecule has 1 aromatic rings. The van der Waals surface area contributed by atoms with E-state index < -0.39 is 0 Å². The molecule has 2 N–H and O–H groups in total. The molecule has 2 amide bonds. The summed E-state index contributed by atoms with van der Waals surface area (Å²) >= 11 is 0. The van der Waals surface area contributed by atoms with Gasteiger partial charge >= 0.3 is 0 Å². The van der Waals surface area contributed by atoms with Crippen molar-refractivity contribution in [3.05, 3.63) is 35.9 Å². The Morgan fingerprint density at radius 3 is 2.44 bits per heavy atom. The monoisotopic (exact) mass is 347 g/mol. The molecule has 1 saturated heterocycles. The highest BCUT2D eigenvalue weighted by Gasteiger charge is 2.29. The van der Waals surface area contributed by atoms with Crippen LogP contribution in [0.1, 0.15) is 38.8 Å². The highest BCUT2D eigenvalue weighted by Crippen LogP contribution is 2.18. The van der Waals surface area contributed by atoms with E-state index >= 15 is 0 Å². The minimum absolute atomic E-state index is 0.0658. The van der Waals surface area contributed by atoms with Crippen LogP contribution in [0.2, 0.25) is 0 Å². The van der Waals surface area contributed by atoms with Crippen molar-refractivity contribution >= 4 is 11.8 Å². The van der Waals surface area contributed by atoms with E-state index in [0.29, 0.717) is 6.54 Å². The summed E-state index contributed by atoms with van der Waals surface area (Å²) in [5.41, 5.74) is 0.802. The van der Waals surface area contributed by atoms with Crippen molar-refractivity contribution in [2.24, 2.45) is 0 Å². The summed E-state index contributed by atoms with van der Waals surface area (Å²) in [5.74, 6) is -0.209. The fourth-order valence-electron chi connectivity index (χ4n) is 3.04. The zero-order valence-electron chi connectivity index (χ0n) is 15.4. The molecule has 1 aliphatic rings. The van der Waals surface area contributed by atoms with Gasteiger partial charge in [-0.15, -0.1) is 0 Å². The third-order valence-electron chi connectivity index (χ3n) is 4.55. The van der Waals surface area contributed by atoms with E-state index in [1.807, 2.05) is 30.3 Å². The van der Waals surface area contributed by atoms with Crippen LogP contribution in [0.5, 0.6) is 0 Å². The Balaban J connectivity index is 1.91. The van der Waals surface area contributed by atoms with Gasteiger partial charge in [0, 0.05) is 32.1 Å². The Morgan fingerprint density at radius 2 is 1.84 bits per heavy atom. The first-order valence-corrected chi connectivity index (χ1v) is 8.80. The van der Waals surface area contributed by atoms with E-state index in [-0.39, 0.29) is 29.8 Å². The standard InChI is InChI=1S/C19H29N3O3/c1-15(23)21-17(16-7-5-4-6-8-16)13-18(24)20-14-19(2,3)22-9-11-25-12-10-22/h4-8,17H,9-14H2,1-3H3,(H,20,24)(H,21,23). The molecule has 1 fully saturated rings. The first-order chi connectivity index (χ1) is 11.9. The van der Waals surface area contributed by atoms with Crippen LogP contribution < -0.4 is 10.6 Å². The average molecular weight is 347 g/mol. The number of ether oxygens (including phenoxy) is 1. The van der Waals surface area contributed by atoms with Gasteiger partial charge in [-0.25, -0.2) is 0 Å². The van der Waals surface area contributed by atoms with Crippen molar-refractivity contribution in [1.82, 2.24) is 15.5 Å². The van der Waals surface area contributed by atoms with E-state index in [0.717, 1.165) is 31.9 Å². The Kier molecular flexibility index (Phi) is 6.96. The van der Waals surface area contributed by atoms with Crippen LogP contribution in [0.3, 0.4) is 0 Å². The van der Waals surface area contributed by atoms with Gasteiger partial charge in [-0.1, -0.05) is 30.3 Å². The zero-order chi connectivity index (χ0) is 18.3. The van der Waals surface area contributed by atoms with Gasteiger partial charge in [0.05, 0.1) is 25.7 Å². The molecule has 1 aliphatic heterocycles. The second-order valence-electron chi connectivity index (χ2n) is 7.06. The van der Waals surface area contributed by atoms with Crippen molar-refractivity contribution < 1.29 is 14.3 Å². The molecule has 0 spiro atoms. The highest BCUT2D eigenvalue weighted by atomic mass is 16.5. The number of morpholine rings is 1. The molecule has 25 heavy (non-hydrogen) atoms. The fraction of sp³-hybridized carbons (Fsp3) is 0.579. The fourth-order valence-corrected chi connectivity index (χ4v) is 3.04. The zero-order valence-corrected chi connectivity index (χ0v) is 15.4. The minimum atomic E-state index is -0.315. The van der Waals surface area contributed by atoms with Crippen molar-refractivity contribution in [3.8, 4) is 0 Å². The number of amides is 2. The van der Waals surface area contributed by atoms with Gasteiger partial charge in [0.25, 0.3) is 0 Å². The van der Waals surface area contributed by atoms with E-state index in [4.69, 9.17) is 4.74 Å². The van der Waals surface area contributed by atoms with Crippen LogP contribution in [-0.2, 0) is 14.3 Å². The normalized spacial score (nSPS) is 16.9. The summed E-state index contributed by atoms with van der Waals surface area (Å²) in [6, 6.07) is 9.26. The summed E-state index contributed by atoms with van der Waals surface area (Å²) in [6.07, 6.45) is 0.225. The molecule has 0 saturated carbocycles. The molecule has 1 atom stereocenters. The summed E-state index contributed by atoms with van der Waals surface area (Å²) in [6.45, 7) is 9.50. The Labute approximate surface area is 149 Å². The molecule has 0 aromatic heterocycles. The summed E-state index contributed by atoms with van der Waals surface area (Å²) < 4.78 is 5.39. The Hall–Kier alpha value is -1.92. The predicted octanol–water partition coefficient (Wildman–Crippen LogP) is 1.48. The van der Waals surface area contributed by atoms with Gasteiger partial charge in [0.2, 0.25) is 11.8 Å². The molecule has 1 unspecified atom stereocenters. The number of nitrogens with zero attached hydrogens (tertiary/aromatic N) is 1. The molecule has 0 bridgehead atoms. The van der Waals surface area contributed by atoms with E-state index in [1.165, 1.54) is 6.92 Å². The second-order valence-corrected chi connectivity index (χ2v) is 7.06. The molecule has 138 valence electrons. The first kappa shape index (κ1) is 19.4. The van der Waals surface area contributed by atoms with Gasteiger partial charge in [-0.05, 0) is 19.4 Å². The maximum atomic E-state index is 12.4. The van der Waals surface area contributed by atoms with E-state index in [9.17, 15) is 9.59 Å². The van der Waals surface area contributed by atoms with E-state index in [1.54, 1.807) is 0 Å². The van der Waals surface area contributed by atoms with Gasteiger partial charge in [0.15, 0.2) is 0 Å². The molecular formula is C19H29N3O3. The summed E-state index contributed by atoms with van der Waals surface area (Å²) in [5, 5.41) is 5.88. The smallest absolute Gasteiger partial charge is 0.222 e. The van der Waals surface area contributed by atoms with E-state index in [2.05, 4.69) is 29.4 Å². The number of carbonyl (C=O) groups excluding carboxylic acids is 2. The second kappa shape index (κ2) is 8.97. The van der Waals surface area contributed by atoms with Crippen LogP contribution in [0, 0.1) is 0 Å². The summed E-state index contributed by atoms with van der Waals surface area (Å²) in [4.78, 5) is 26.2. The summed E-state index contributed by atoms with van der Waals surface area (Å²) in [7, 11) is 0. The topological polar surface area (TPSA) is 70.7 Å². The Bertz CT molecular complexity index is 569. The van der Waals surface area contributed by atoms with Crippen LogP contribution in [-0.4, -0.2) is 55.1 Å². The lowest BCUT2D eigenvalue weighted by molar-refractivity contribution is -0.123. The maximum absolute atomic E-state index is 12.4. The molecule has 2 rings (SSSR count). The van der Waals surface area contributed by atoms with Gasteiger partial charge in [-0.3, -0.25) is 14.5 Å². The number of carbonyl (C=O) groups is 2. The number of benzene rings is 1. The first-order valence-electron chi connectivity index (χ1n) is 8.80. The lowest BCUT2D eigenvalue weighted by Crippen LogP contribution is -2.55. The van der Waals surface area contributed by atoms with Gasteiger partial charge < -0.3 is 15.4 Å². The Morgan fingerprint density at radius 1 is 1.20 bits per heavy atom. The van der Waals surface area contributed by atoms with Crippen LogP contribution >= 0.6 is 0 Å². The average Bonchev–Trinajstić information content (AvgIpc) is 2.61. The van der Waals surface area contributed by atoms with Crippen molar-refractivity contribution in [2.45, 2.75) is 38.8 Å². The van der Waals surface area contributed by atoms with Crippen molar-refractivity contribution in [1.29, 1.82) is 0 Å². The molecule has 0 radical (unpaired) electrons. The lowest BCUT2D eigenvalue weighted by atomic mass is 10.0. The quantitative estimate of drug-likeness (QED) is 0.784.